The van der Waals surface area contributed by atoms with Crippen molar-refractivity contribution in [3.63, 3.8) is 0 Å². The van der Waals surface area contributed by atoms with Crippen LogP contribution in [-0.2, 0) is 10.0 Å². The quantitative estimate of drug-likeness (QED) is 0.421. The Morgan fingerprint density at radius 2 is 1.72 bits per heavy atom. The predicted octanol–water partition coefficient (Wildman–Crippen LogP) is 3.38. The molecule has 29 heavy (non-hydrogen) atoms. The summed E-state index contributed by atoms with van der Waals surface area (Å²) < 4.78 is 30.7. The summed E-state index contributed by atoms with van der Waals surface area (Å²) in [4.78, 5) is 0.296. The molecule has 1 aliphatic carbocycles. The van der Waals surface area contributed by atoms with Crippen LogP contribution in [0.5, 0.6) is 0 Å². The summed E-state index contributed by atoms with van der Waals surface area (Å²) in [7, 11) is -3.68. The molecule has 3 aromatic rings. The Morgan fingerprint density at radius 1 is 1.03 bits per heavy atom. The topological polar surface area (TPSA) is 85.5 Å². The fourth-order valence-electron chi connectivity index (χ4n) is 3.37. The molecule has 7 nitrogen and oxygen atoms in total. The lowest BCUT2D eigenvalue weighted by Crippen LogP contribution is -2.33. The van der Waals surface area contributed by atoms with Gasteiger partial charge in [-0.1, -0.05) is 30.3 Å². The van der Waals surface area contributed by atoms with Gasteiger partial charge in [0.1, 0.15) is 11.2 Å². The molecule has 152 valence electrons. The van der Waals surface area contributed by atoms with Gasteiger partial charge in [-0.25, -0.2) is 19.3 Å². The van der Waals surface area contributed by atoms with Crippen molar-refractivity contribution in [1.29, 1.82) is 0 Å². The highest BCUT2D eigenvalue weighted by molar-refractivity contribution is 9.10. The molecule has 2 heterocycles. The van der Waals surface area contributed by atoms with Crippen molar-refractivity contribution in [3.8, 4) is 0 Å². The molecule has 0 unspecified atom stereocenters. The van der Waals surface area contributed by atoms with Crippen molar-refractivity contribution >= 4 is 52.4 Å². The Kier molecular flexibility index (Phi) is 5.11. The van der Waals surface area contributed by atoms with Crippen molar-refractivity contribution in [2.45, 2.75) is 23.9 Å². The smallest absolute Gasteiger partial charge is 0.256 e. The van der Waals surface area contributed by atoms with Gasteiger partial charge in [-0.3, -0.25) is 4.31 Å². The van der Waals surface area contributed by atoms with Gasteiger partial charge in [0.25, 0.3) is 10.0 Å². The summed E-state index contributed by atoms with van der Waals surface area (Å²) in [5.74, 6) is 0.421. The zero-order valence-electron chi connectivity index (χ0n) is 15.4. The van der Waals surface area contributed by atoms with Gasteiger partial charge in [0.2, 0.25) is 0 Å². The first-order valence-electron chi connectivity index (χ1n) is 9.35. The number of sulfonamides is 1. The summed E-state index contributed by atoms with van der Waals surface area (Å²) in [6.45, 7) is 0.509. The predicted molar refractivity (Wildman–Crippen MR) is 119 cm³/mol. The molecule has 1 aromatic heterocycles. The summed E-state index contributed by atoms with van der Waals surface area (Å²) >= 11 is 5.17. The van der Waals surface area contributed by atoms with Crippen LogP contribution in [0.3, 0.4) is 0 Å². The third-order valence-electron chi connectivity index (χ3n) is 5.16. The SMILES string of the molecule is O=S(=O)(c1ccc(C2NNNN2)cc1)N(CC1CC1)c1sc2ccccc2c1Br. The second-order valence-corrected chi connectivity index (χ2v) is 10.9. The Hall–Kier alpha value is -1.53. The summed E-state index contributed by atoms with van der Waals surface area (Å²) in [5, 5.41) is 1.78. The first-order valence-corrected chi connectivity index (χ1v) is 12.4. The molecule has 0 spiro atoms. The number of halogens is 1. The lowest BCUT2D eigenvalue weighted by molar-refractivity contribution is 0.554. The van der Waals surface area contributed by atoms with Crippen molar-refractivity contribution in [2.24, 2.45) is 5.92 Å². The van der Waals surface area contributed by atoms with Crippen molar-refractivity contribution in [3.05, 3.63) is 58.6 Å². The van der Waals surface area contributed by atoms with E-state index in [9.17, 15) is 8.42 Å². The van der Waals surface area contributed by atoms with Crippen LogP contribution in [-0.4, -0.2) is 15.0 Å². The molecule has 4 N–H and O–H groups in total. The van der Waals surface area contributed by atoms with Crippen LogP contribution >= 0.6 is 27.3 Å². The average Bonchev–Trinajstić information content (AvgIpc) is 3.27. The number of nitrogens with zero attached hydrogens (tertiary/aromatic N) is 1. The van der Waals surface area contributed by atoms with Crippen LogP contribution < -0.4 is 26.2 Å². The molecule has 10 heteroatoms. The molecule has 5 rings (SSSR count). The van der Waals surface area contributed by atoms with Gasteiger partial charge < -0.3 is 0 Å². The van der Waals surface area contributed by atoms with E-state index in [1.165, 1.54) is 11.3 Å². The summed E-state index contributed by atoms with van der Waals surface area (Å²) in [5.41, 5.74) is 12.5. The summed E-state index contributed by atoms with van der Waals surface area (Å²) in [6.07, 6.45) is 2.02. The highest BCUT2D eigenvalue weighted by Gasteiger charge is 2.34. The fourth-order valence-corrected chi connectivity index (χ4v) is 7.28. The third-order valence-corrected chi connectivity index (χ3v) is 9.32. The molecule has 1 saturated heterocycles. The average molecular weight is 494 g/mol. The molecule has 1 saturated carbocycles. The van der Waals surface area contributed by atoms with E-state index in [1.807, 2.05) is 36.4 Å². The van der Waals surface area contributed by atoms with Crippen molar-refractivity contribution < 1.29 is 8.42 Å². The van der Waals surface area contributed by atoms with E-state index in [-0.39, 0.29) is 6.17 Å². The molecule has 0 bridgehead atoms. The molecule has 2 aliphatic rings. The highest BCUT2D eigenvalue weighted by atomic mass is 79.9. The number of anilines is 1. The minimum Gasteiger partial charge on any atom is -0.256 e. The van der Waals surface area contributed by atoms with Crippen LogP contribution in [0.1, 0.15) is 24.6 Å². The second-order valence-electron chi connectivity index (χ2n) is 7.24. The van der Waals surface area contributed by atoms with Gasteiger partial charge in [-0.05, 0) is 58.5 Å². The van der Waals surface area contributed by atoms with E-state index in [0.717, 1.165) is 38.0 Å². The summed E-state index contributed by atoms with van der Waals surface area (Å²) in [6, 6.07) is 15.0. The number of rotatable bonds is 6. The standard InChI is InChI=1S/C19H20BrN5O2S2/c20-17-15-3-1-2-4-16(15)28-19(17)25(11-12-5-6-12)29(26,27)14-9-7-13(8-10-14)18-21-23-24-22-18/h1-4,7-10,12,18,21-24H,5-6,11H2. The molecule has 0 amide bonds. The van der Waals surface area contributed by atoms with Crippen LogP contribution in [0, 0.1) is 5.92 Å². The fraction of sp³-hybridized carbons (Fsp3) is 0.263. The molecule has 0 radical (unpaired) electrons. The zero-order chi connectivity index (χ0) is 20.0. The number of fused-ring (bicyclic) bond motifs is 1. The van der Waals surface area contributed by atoms with Crippen molar-refractivity contribution in [2.75, 3.05) is 10.8 Å². The van der Waals surface area contributed by atoms with Gasteiger partial charge in [-0.2, -0.15) is 11.1 Å². The van der Waals surface area contributed by atoms with Gasteiger partial charge >= 0.3 is 0 Å². The van der Waals surface area contributed by atoms with Gasteiger partial charge in [0.15, 0.2) is 0 Å². The normalized spacial score (nSPS) is 17.8. The van der Waals surface area contributed by atoms with E-state index in [4.69, 9.17) is 0 Å². The number of nitrogens with one attached hydrogen (secondary N) is 4. The Morgan fingerprint density at radius 3 is 2.38 bits per heavy atom. The Labute approximate surface area is 181 Å². The van der Waals surface area contributed by atoms with Crippen LogP contribution in [0.2, 0.25) is 0 Å². The zero-order valence-corrected chi connectivity index (χ0v) is 18.6. The largest absolute Gasteiger partial charge is 0.264 e. The monoisotopic (exact) mass is 493 g/mol. The first-order chi connectivity index (χ1) is 14.0. The van der Waals surface area contributed by atoms with E-state index < -0.39 is 10.0 Å². The maximum atomic E-state index is 13.6. The molecular weight excluding hydrogens is 474 g/mol. The van der Waals surface area contributed by atoms with Crippen LogP contribution in [0.25, 0.3) is 10.1 Å². The van der Waals surface area contributed by atoms with E-state index in [0.29, 0.717) is 17.4 Å². The number of benzene rings is 2. The van der Waals surface area contributed by atoms with Gasteiger partial charge in [0, 0.05) is 16.6 Å². The van der Waals surface area contributed by atoms with E-state index >= 15 is 0 Å². The lowest BCUT2D eigenvalue weighted by atomic mass is 10.2. The molecular formula is C19H20BrN5O2S2. The number of hydrogen-bond acceptors (Lipinski definition) is 7. The third kappa shape index (κ3) is 3.70. The number of hydrogen-bond donors (Lipinski definition) is 4. The molecule has 2 fully saturated rings. The van der Waals surface area contributed by atoms with E-state index in [2.05, 4.69) is 37.9 Å². The van der Waals surface area contributed by atoms with Crippen molar-refractivity contribution in [1.82, 2.24) is 21.9 Å². The van der Waals surface area contributed by atoms with Gasteiger partial charge in [-0.15, -0.1) is 11.3 Å². The highest BCUT2D eigenvalue weighted by Crippen LogP contribution is 2.45. The number of thiophene rings is 1. The second kappa shape index (κ2) is 7.62. The van der Waals surface area contributed by atoms with Gasteiger partial charge in [0.05, 0.1) is 9.37 Å². The maximum Gasteiger partial charge on any atom is 0.264 e. The minimum atomic E-state index is -3.68. The Bertz CT molecular complexity index is 1140. The molecule has 0 atom stereocenters. The minimum absolute atomic E-state index is 0.133. The number of hydrazine groups is 3. The van der Waals surface area contributed by atoms with E-state index in [1.54, 1.807) is 16.4 Å². The Balaban J connectivity index is 1.53. The molecule has 2 aromatic carbocycles. The maximum absolute atomic E-state index is 13.6. The first kappa shape index (κ1) is 19.4. The van der Waals surface area contributed by atoms with Crippen LogP contribution in [0.4, 0.5) is 5.00 Å². The van der Waals surface area contributed by atoms with Crippen LogP contribution in [0.15, 0.2) is 57.9 Å². The molecule has 1 aliphatic heterocycles. The lowest BCUT2D eigenvalue weighted by Gasteiger charge is -2.24.